The lowest BCUT2D eigenvalue weighted by molar-refractivity contribution is -0.114. The number of ketones is 1. The van der Waals surface area contributed by atoms with Crippen LogP contribution in [0.2, 0.25) is 0 Å². The zero-order chi connectivity index (χ0) is 22.2. The van der Waals surface area contributed by atoms with Crippen LogP contribution in [0.15, 0.2) is 78.9 Å². The van der Waals surface area contributed by atoms with Gasteiger partial charge in [0, 0.05) is 12.5 Å². The van der Waals surface area contributed by atoms with Gasteiger partial charge >= 0.3 is 11.9 Å². The molecular weight excluding hydrogens is 398 g/mol. The van der Waals surface area contributed by atoms with E-state index >= 15 is 0 Å². The largest absolute Gasteiger partial charge is 0.454 e. The van der Waals surface area contributed by atoms with Crippen molar-refractivity contribution in [2.24, 2.45) is 0 Å². The Bertz CT molecular complexity index is 1110. The summed E-state index contributed by atoms with van der Waals surface area (Å²) in [6.45, 7) is 0.850. The molecule has 1 N–H and O–H groups in total. The Hall–Kier alpha value is -4.26. The summed E-state index contributed by atoms with van der Waals surface area (Å²) in [5, 5.41) is 2.54. The Morgan fingerprint density at radius 1 is 0.742 bits per heavy atom. The fourth-order valence-electron chi connectivity index (χ4n) is 2.70. The molecule has 7 nitrogen and oxygen atoms in total. The van der Waals surface area contributed by atoms with Crippen LogP contribution in [0.3, 0.4) is 0 Å². The second kappa shape index (κ2) is 9.98. The van der Waals surface area contributed by atoms with E-state index in [2.05, 4.69) is 5.32 Å². The van der Waals surface area contributed by atoms with E-state index in [4.69, 9.17) is 9.47 Å². The number of nitrogens with one attached hydrogen (secondary N) is 1. The second-order valence-corrected chi connectivity index (χ2v) is 6.51. The lowest BCUT2D eigenvalue weighted by Crippen LogP contribution is -2.17. The topological polar surface area (TPSA) is 98.8 Å². The lowest BCUT2D eigenvalue weighted by Gasteiger charge is -2.10. The molecule has 0 atom stereocenters. The van der Waals surface area contributed by atoms with Crippen molar-refractivity contribution < 1.29 is 28.7 Å². The molecule has 0 heterocycles. The number of amides is 1. The predicted molar refractivity (Wildman–Crippen MR) is 113 cm³/mol. The normalized spacial score (nSPS) is 10.1. The zero-order valence-corrected chi connectivity index (χ0v) is 16.7. The van der Waals surface area contributed by atoms with Gasteiger partial charge < -0.3 is 14.8 Å². The average molecular weight is 417 g/mol. The van der Waals surface area contributed by atoms with Gasteiger partial charge in [-0.15, -0.1) is 0 Å². The van der Waals surface area contributed by atoms with Crippen molar-refractivity contribution in [1.29, 1.82) is 0 Å². The van der Waals surface area contributed by atoms with Crippen LogP contribution < -0.4 is 10.1 Å². The number of esters is 2. The van der Waals surface area contributed by atoms with Crippen molar-refractivity contribution >= 4 is 29.3 Å². The minimum Gasteiger partial charge on any atom is -0.454 e. The summed E-state index contributed by atoms with van der Waals surface area (Å²) in [6.07, 6.45) is 0. The van der Waals surface area contributed by atoms with Crippen LogP contribution >= 0.6 is 0 Å². The predicted octanol–water partition coefficient (Wildman–Crippen LogP) is 3.90. The summed E-state index contributed by atoms with van der Waals surface area (Å²) in [6, 6.07) is 20.8. The first-order valence-corrected chi connectivity index (χ1v) is 9.38. The molecule has 156 valence electrons. The van der Waals surface area contributed by atoms with E-state index in [1.54, 1.807) is 48.5 Å². The highest BCUT2D eigenvalue weighted by atomic mass is 16.5. The SMILES string of the molecule is CC(=O)Nc1ccccc1C(=O)OCC(=O)c1ccc(OC(=O)c2ccccc2)cc1. The molecule has 3 rings (SSSR count). The van der Waals surface area contributed by atoms with Gasteiger partial charge in [0.25, 0.3) is 0 Å². The van der Waals surface area contributed by atoms with Gasteiger partial charge in [-0.1, -0.05) is 30.3 Å². The molecule has 3 aromatic rings. The molecule has 0 saturated carbocycles. The molecule has 7 heteroatoms. The molecule has 0 saturated heterocycles. The number of rotatable bonds is 7. The summed E-state index contributed by atoms with van der Waals surface area (Å²) in [5.41, 5.74) is 1.15. The zero-order valence-electron chi connectivity index (χ0n) is 16.7. The molecule has 0 aliphatic heterocycles. The van der Waals surface area contributed by atoms with Crippen LogP contribution in [0, 0.1) is 0 Å². The minimum absolute atomic E-state index is 0.147. The molecule has 0 fully saturated rings. The van der Waals surface area contributed by atoms with Gasteiger partial charge in [0.05, 0.1) is 16.8 Å². The molecule has 0 unspecified atom stereocenters. The Balaban J connectivity index is 1.58. The summed E-state index contributed by atoms with van der Waals surface area (Å²) in [5.74, 6) is -1.71. The molecular formula is C24H19NO6. The average Bonchev–Trinajstić information content (AvgIpc) is 2.78. The van der Waals surface area contributed by atoms with Crippen molar-refractivity contribution in [2.75, 3.05) is 11.9 Å². The number of hydrogen-bond acceptors (Lipinski definition) is 6. The molecule has 0 radical (unpaired) electrons. The maximum Gasteiger partial charge on any atom is 0.343 e. The number of hydrogen-bond donors (Lipinski definition) is 1. The number of para-hydroxylation sites is 1. The molecule has 31 heavy (non-hydrogen) atoms. The molecule has 0 aromatic heterocycles. The van der Waals surface area contributed by atoms with Gasteiger partial charge in [-0.05, 0) is 48.5 Å². The fraction of sp³-hybridized carbons (Fsp3) is 0.0833. The van der Waals surface area contributed by atoms with Crippen LogP contribution in [-0.4, -0.2) is 30.2 Å². The van der Waals surface area contributed by atoms with Crippen molar-refractivity contribution in [2.45, 2.75) is 6.92 Å². The Morgan fingerprint density at radius 3 is 2.06 bits per heavy atom. The maximum absolute atomic E-state index is 12.3. The number of Topliss-reactive ketones (excluding diaryl/α,β-unsaturated/α-hetero) is 1. The monoisotopic (exact) mass is 417 g/mol. The Labute approximate surface area is 178 Å². The Kier molecular flexibility index (Phi) is 6.90. The van der Waals surface area contributed by atoms with E-state index in [0.29, 0.717) is 16.8 Å². The first kappa shape index (κ1) is 21.4. The number of carbonyl (C=O) groups is 4. The van der Waals surface area contributed by atoms with Crippen LogP contribution in [-0.2, 0) is 9.53 Å². The molecule has 0 bridgehead atoms. The van der Waals surface area contributed by atoms with E-state index in [1.165, 1.54) is 37.3 Å². The van der Waals surface area contributed by atoms with Crippen molar-refractivity contribution in [3.63, 3.8) is 0 Å². The maximum atomic E-state index is 12.3. The van der Waals surface area contributed by atoms with Gasteiger partial charge in [-0.3, -0.25) is 9.59 Å². The molecule has 1 amide bonds. The van der Waals surface area contributed by atoms with Crippen molar-refractivity contribution in [3.8, 4) is 5.75 Å². The van der Waals surface area contributed by atoms with E-state index in [1.807, 2.05) is 0 Å². The van der Waals surface area contributed by atoms with Gasteiger partial charge in [0.1, 0.15) is 5.75 Å². The number of ether oxygens (including phenoxy) is 2. The summed E-state index contributed by atoms with van der Waals surface area (Å²) in [4.78, 5) is 48.0. The highest BCUT2D eigenvalue weighted by Crippen LogP contribution is 2.17. The number of anilines is 1. The van der Waals surface area contributed by atoms with Crippen molar-refractivity contribution in [3.05, 3.63) is 95.6 Å². The molecule has 0 aliphatic rings. The smallest absolute Gasteiger partial charge is 0.343 e. The minimum atomic E-state index is -0.730. The third-order valence-corrected chi connectivity index (χ3v) is 4.19. The van der Waals surface area contributed by atoms with Gasteiger partial charge in [0.15, 0.2) is 12.4 Å². The van der Waals surface area contributed by atoms with E-state index in [-0.39, 0.29) is 17.2 Å². The standard InChI is InChI=1S/C24H19NO6/c1-16(26)25-21-10-6-5-9-20(21)24(29)30-15-22(27)17-11-13-19(14-12-17)31-23(28)18-7-3-2-4-8-18/h2-14H,15H2,1H3,(H,25,26). The number of benzene rings is 3. The summed E-state index contributed by atoms with van der Waals surface area (Å²) in [7, 11) is 0. The van der Waals surface area contributed by atoms with Gasteiger partial charge in [-0.2, -0.15) is 0 Å². The fourth-order valence-corrected chi connectivity index (χ4v) is 2.70. The summed E-state index contributed by atoms with van der Waals surface area (Å²) < 4.78 is 10.4. The van der Waals surface area contributed by atoms with Gasteiger partial charge in [0.2, 0.25) is 5.91 Å². The van der Waals surface area contributed by atoms with Crippen molar-refractivity contribution in [1.82, 2.24) is 0 Å². The molecule has 0 spiro atoms. The molecule has 3 aromatic carbocycles. The van der Waals surface area contributed by atoms with E-state index in [0.717, 1.165) is 0 Å². The number of carbonyl (C=O) groups excluding carboxylic acids is 4. The lowest BCUT2D eigenvalue weighted by atomic mass is 10.1. The first-order chi connectivity index (χ1) is 14.9. The quantitative estimate of drug-likeness (QED) is 0.356. The third kappa shape index (κ3) is 5.86. The highest BCUT2D eigenvalue weighted by Gasteiger charge is 2.16. The van der Waals surface area contributed by atoms with Crippen LogP contribution in [0.25, 0.3) is 0 Å². The Morgan fingerprint density at radius 2 is 1.39 bits per heavy atom. The van der Waals surface area contributed by atoms with Crippen LogP contribution in [0.4, 0.5) is 5.69 Å². The summed E-state index contributed by atoms with van der Waals surface area (Å²) >= 11 is 0. The third-order valence-electron chi connectivity index (χ3n) is 4.19. The highest BCUT2D eigenvalue weighted by molar-refractivity contribution is 6.03. The first-order valence-electron chi connectivity index (χ1n) is 9.38. The van der Waals surface area contributed by atoms with E-state index < -0.39 is 24.3 Å². The van der Waals surface area contributed by atoms with Crippen LogP contribution in [0.1, 0.15) is 38.0 Å². The molecule has 0 aliphatic carbocycles. The second-order valence-electron chi connectivity index (χ2n) is 6.51. The van der Waals surface area contributed by atoms with Gasteiger partial charge in [-0.25, -0.2) is 9.59 Å². The van der Waals surface area contributed by atoms with Crippen LogP contribution in [0.5, 0.6) is 5.75 Å². The van der Waals surface area contributed by atoms with E-state index in [9.17, 15) is 19.2 Å².